The third-order valence-corrected chi connectivity index (χ3v) is 6.36. The van der Waals surface area contributed by atoms with Crippen LogP contribution in [0, 0.1) is 5.92 Å². The third kappa shape index (κ3) is 4.25. The van der Waals surface area contributed by atoms with Crippen molar-refractivity contribution in [2.45, 2.75) is 45.4 Å². The summed E-state index contributed by atoms with van der Waals surface area (Å²) in [6.07, 6.45) is 4.93. The number of aromatic amines is 1. The van der Waals surface area contributed by atoms with Gasteiger partial charge in [0.2, 0.25) is 5.91 Å². The number of carbonyl (C=O) groups excluding carboxylic acids is 2. The summed E-state index contributed by atoms with van der Waals surface area (Å²) in [5.41, 5.74) is 8.28. The number of para-hydroxylation sites is 2. The summed E-state index contributed by atoms with van der Waals surface area (Å²) in [6.45, 7) is 2.24. The summed E-state index contributed by atoms with van der Waals surface area (Å²) in [5.74, 6) is 1.11. The van der Waals surface area contributed by atoms with Crippen molar-refractivity contribution in [2.24, 2.45) is 5.92 Å². The minimum Gasteiger partial charge on any atom is -0.342 e. The molecule has 1 unspecified atom stereocenters. The van der Waals surface area contributed by atoms with Gasteiger partial charge in [-0.1, -0.05) is 19.1 Å². The average Bonchev–Trinajstić information content (AvgIpc) is 3.29. The van der Waals surface area contributed by atoms with E-state index in [0.29, 0.717) is 30.1 Å². The zero-order chi connectivity index (χ0) is 19.5. The average molecular weight is 397 g/mol. The van der Waals surface area contributed by atoms with Crippen molar-refractivity contribution < 1.29 is 9.59 Å². The van der Waals surface area contributed by atoms with Crippen LogP contribution in [-0.2, 0) is 24.1 Å². The number of fused-ring (bicyclic) bond motifs is 2. The Balaban J connectivity index is 1.22. The summed E-state index contributed by atoms with van der Waals surface area (Å²) in [7, 11) is 0. The molecule has 28 heavy (non-hydrogen) atoms. The van der Waals surface area contributed by atoms with E-state index in [1.165, 1.54) is 28.2 Å². The van der Waals surface area contributed by atoms with Crippen molar-refractivity contribution in [3.8, 4) is 0 Å². The summed E-state index contributed by atoms with van der Waals surface area (Å²) in [4.78, 5) is 34.1. The topological polar surface area (TPSA) is 86.9 Å². The number of hydrazine groups is 1. The van der Waals surface area contributed by atoms with Crippen molar-refractivity contribution in [3.63, 3.8) is 0 Å². The van der Waals surface area contributed by atoms with E-state index in [4.69, 9.17) is 0 Å². The number of aromatic nitrogens is 2. The Morgan fingerprint density at radius 1 is 1.29 bits per heavy atom. The molecule has 146 valence electrons. The molecule has 1 aromatic carbocycles. The highest BCUT2D eigenvalue weighted by atomic mass is 32.1. The molecule has 1 aliphatic rings. The van der Waals surface area contributed by atoms with Gasteiger partial charge in [-0.3, -0.25) is 20.4 Å². The van der Waals surface area contributed by atoms with E-state index in [2.05, 4.69) is 27.7 Å². The summed E-state index contributed by atoms with van der Waals surface area (Å²) in [5, 5.41) is 0. The lowest BCUT2D eigenvalue weighted by Gasteiger charge is -2.16. The predicted octanol–water partition coefficient (Wildman–Crippen LogP) is 3.53. The second kappa shape index (κ2) is 8.14. The molecule has 2 amide bonds. The van der Waals surface area contributed by atoms with Crippen LogP contribution in [0.15, 0.2) is 30.3 Å². The quantitative estimate of drug-likeness (QED) is 0.577. The number of H-pyrrole nitrogens is 1. The normalized spacial score (nSPS) is 16.0. The standard InChI is InChI=1S/C21H24N4O2S/c1-13-9-10-17-14(11-13)12-18(28-17)21(27)25-24-20(26)8-4-7-19-22-15-5-2-3-6-16(15)23-19/h2-3,5-6,12-13H,4,7-11H2,1H3,(H,22,23)(H,24,26)(H,25,27). The number of hydrogen-bond donors (Lipinski definition) is 3. The van der Waals surface area contributed by atoms with E-state index in [1.54, 1.807) is 0 Å². The van der Waals surface area contributed by atoms with Crippen LogP contribution in [0.2, 0.25) is 0 Å². The van der Waals surface area contributed by atoms with Gasteiger partial charge in [0, 0.05) is 17.7 Å². The molecular weight excluding hydrogens is 372 g/mol. The molecule has 1 atom stereocenters. The van der Waals surface area contributed by atoms with Crippen LogP contribution in [0.4, 0.5) is 0 Å². The minimum atomic E-state index is -0.238. The third-order valence-electron chi connectivity index (χ3n) is 5.12. The number of aryl methyl sites for hydroxylation is 2. The number of thiophene rings is 1. The van der Waals surface area contributed by atoms with Gasteiger partial charge in [0.05, 0.1) is 15.9 Å². The van der Waals surface area contributed by atoms with E-state index >= 15 is 0 Å². The van der Waals surface area contributed by atoms with Gasteiger partial charge in [0.1, 0.15) is 5.82 Å². The van der Waals surface area contributed by atoms with Crippen molar-refractivity contribution in [3.05, 3.63) is 51.5 Å². The molecule has 2 aromatic heterocycles. The molecule has 0 radical (unpaired) electrons. The molecule has 1 aliphatic carbocycles. The minimum absolute atomic E-state index is 0.195. The molecule has 7 heteroatoms. The number of benzene rings is 1. The van der Waals surface area contributed by atoms with E-state index in [-0.39, 0.29) is 11.8 Å². The highest BCUT2D eigenvalue weighted by Gasteiger charge is 2.20. The van der Waals surface area contributed by atoms with Crippen molar-refractivity contribution in [2.75, 3.05) is 0 Å². The molecule has 0 fully saturated rings. The van der Waals surface area contributed by atoms with Crippen LogP contribution < -0.4 is 10.9 Å². The number of carbonyl (C=O) groups is 2. The summed E-state index contributed by atoms with van der Waals surface area (Å²) >= 11 is 1.54. The van der Waals surface area contributed by atoms with Crippen molar-refractivity contribution in [1.29, 1.82) is 0 Å². The number of rotatable bonds is 5. The Morgan fingerprint density at radius 3 is 3.00 bits per heavy atom. The largest absolute Gasteiger partial charge is 0.342 e. The van der Waals surface area contributed by atoms with Crippen molar-refractivity contribution in [1.82, 2.24) is 20.8 Å². The van der Waals surface area contributed by atoms with Gasteiger partial charge in [-0.25, -0.2) is 4.98 Å². The van der Waals surface area contributed by atoms with E-state index < -0.39 is 0 Å². The molecule has 3 N–H and O–H groups in total. The first kappa shape index (κ1) is 18.7. The molecule has 6 nitrogen and oxygen atoms in total. The lowest BCUT2D eigenvalue weighted by atomic mass is 9.90. The first-order valence-electron chi connectivity index (χ1n) is 9.73. The lowest BCUT2D eigenvalue weighted by Crippen LogP contribution is -2.41. The molecule has 4 rings (SSSR count). The number of nitrogens with zero attached hydrogens (tertiary/aromatic N) is 1. The fourth-order valence-corrected chi connectivity index (χ4v) is 4.71. The SMILES string of the molecule is CC1CCc2sc(C(=O)NNC(=O)CCCc3nc4ccccc4[nH]3)cc2C1. The number of amides is 2. The fraction of sp³-hybridized carbons (Fsp3) is 0.381. The molecule has 0 bridgehead atoms. The van der Waals surface area contributed by atoms with Crippen LogP contribution in [0.3, 0.4) is 0 Å². The predicted molar refractivity (Wildman–Crippen MR) is 110 cm³/mol. The van der Waals surface area contributed by atoms with E-state index in [0.717, 1.165) is 29.7 Å². The first-order chi connectivity index (χ1) is 13.6. The monoisotopic (exact) mass is 396 g/mol. The molecular formula is C21H24N4O2S. The second-order valence-electron chi connectivity index (χ2n) is 7.46. The Morgan fingerprint density at radius 2 is 2.14 bits per heavy atom. The van der Waals surface area contributed by atoms with Crippen LogP contribution in [0.1, 0.15) is 52.1 Å². The van der Waals surface area contributed by atoms with Crippen LogP contribution in [-0.4, -0.2) is 21.8 Å². The highest BCUT2D eigenvalue weighted by Crippen LogP contribution is 2.32. The maximum absolute atomic E-state index is 12.3. The Kier molecular flexibility index (Phi) is 5.43. The number of hydrogen-bond acceptors (Lipinski definition) is 4. The van der Waals surface area contributed by atoms with E-state index in [1.807, 2.05) is 30.3 Å². The maximum Gasteiger partial charge on any atom is 0.279 e. The highest BCUT2D eigenvalue weighted by molar-refractivity contribution is 7.14. The van der Waals surface area contributed by atoms with Crippen LogP contribution >= 0.6 is 11.3 Å². The van der Waals surface area contributed by atoms with Gasteiger partial charge >= 0.3 is 0 Å². The Labute approximate surface area is 167 Å². The van der Waals surface area contributed by atoms with Gasteiger partial charge in [-0.05, 0) is 55.4 Å². The summed E-state index contributed by atoms with van der Waals surface area (Å²) in [6, 6.07) is 9.83. The van der Waals surface area contributed by atoms with E-state index in [9.17, 15) is 9.59 Å². The molecule has 0 spiro atoms. The van der Waals surface area contributed by atoms with Gasteiger partial charge in [-0.2, -0.15) is 0 Å². The van der Waals surface area contributed by atoms with Crippen LogP contribution in [0.5, 0.6) is 0 Å². The smallest absolute Gasteiger partial charge is 0.279 e. The maximum atomic E-state index is 12.3. The Hall–Kier alpha value is -2.67. The summed E-state index contributed by atoms with van der Waals surface area (Å²) < 4.78 is 0. The fourth-order valence-electron chi connectivity index (χ4n) is 3.61. The lowest BCUT2D eigenvalue weighted by molar-refractivity contribution is -0.121. The molecule has 2 heterocycles. The van der Waals surface area contributed by atoms with Gasteiger partial charge < -0.3 is 4.98 Å². The number of imidazole rings is 1. The molecule has 0 saturated carbocycles. The van der Waals surface area contributed by atoms with Gasteiger partial charge in [-0.15, -0.1) is 11.3 Å². The van der Waals surface area contributed by atoms with Gasteiger partial charge in [0.25, 0.3) is 5.91 Å². The zero-order valence-electron chi connectivity index (χ0n) is 15.9. The molecule has 0 saturated heterocycles. The molecule has 3 aromatic rings. The first-order valence-corrected chi connectivity index (χ1v) is 10.5. The Bertz CT molecular complexity index is 974. The number of nitrogens with one attached hydrogen (secondary N) is 3. The second-order valence-corrected chi connectivity index (χ2v) is 8.60. The zero-order valence-corrected chi connectivity index (χ0v) is 16.7. The van der Waals surface area contributed by atoms with Crippen molar-refractivity contribution >= 4 is 34.2 Å². The van der Waals surface area contributed by atoms with Crippen LogP contribution in [0.25, 0.3) is 11.0 Å². The molecule has 0 aliphatic heterocycles. The van der Waals surface area contributed by atoms with Gasteiger partial charge in [0.15, 0.2) is 0 Å².